The van der Waals surface area contributed by atoms with Crippen LogP contribution in [0, 0.1) is 5.92 Å². The van der Waals surface area contributed by atoms with Crippen molar-refractivity contribution in [3.63, 3.8) is 0 Å². The Balaban J connectivity index is 1.88. The van der Waals surface area contributed by atoms with Gasteiger partial charge in [-0.1, -0.05) is 0 Å². The SMILES string of the molecule is CNC1C(O)C(OC2C(NC(CO)CO)CC(N)C(C3OC(CNCCO)C(O)C(O)C3O)C2O)OCC1(C)O. The molecular formula is C24H48N4O12. The monoisotopic (exact) mass is 584 g/mol. The molecule has 0 bridgehead atoms. The zero-order valence-electron chi connectivity index (χ0n) is 22.9. The molecule has 0 aromatic heterocycles. The van der Waals surface area contributed by atoms with Crippen LogP contribution in [-0.4, -0.2) is 177 Å². The minimum Gasteiger partial charge on any atom is -0.395 e. The van der Waals surface area contributed by atoms with Gasteiger partial charge in [0.05, 0.1) is 56.8 Å². The van der Waals surface area contributed by atoms with E-state index in [1.165, 1.54) is 6.92 Å². The van der Waals surface area contributed by atoms with Gasteiger partial charge in [-0.15, -0.1) is 0 Å². The molecule has 16 heteroatoms. The van der Waals surface area contributed by atoms with E-state index in [4.69, 9.17) is 25.1 Å². The lowest BCUT2D eigenvalue weighted by Gasteiger charge is -2.52. The van der Waals surface area contributed by atoms with E-state index in [9.17, 15) is 40.9 Å². The predicted octanol–water partition coefficient (Wildman–Crippen LogP) is -7.12. The summed E-state index contributed by atoms with van der Waals surface area (Å²) in [6.45, 7) is 0.494. The van der Waals surface area contributed by atoms with Crippen molar-refractivity contribution < 1.29 is 60.2 Å². The first kappa shape index (κ1) is 33.9. The lowest BCUT2D eigenvalue weighted by molar-refractivity contribution is -0.304. The smallest absolute Gasteiger partial charge is 0.185 e. The van der Waals surface area contributed by atoms with E-state index in [0.29, 0.717) is 0 Å². The number of aliphatic hydroxyl groups is 9. The largest absolute Gasteiger partial charge is 0.395 e. The number of hydrogen-bond acceptors (Lipinski definition) is 16. The molecule has 0 amide bonds. The molecule has 40 heavy (non-hydrogen) atoms. The number of aliphatic hydroxyl groups excluding tert-OH is 8. The lowest BCUT2D eigenvalue weighted by atomic mass is 9.72. The van der Waals surface area contributed by atoms with Crippen molar-refractivity contribution >= 4 is 0 Å². The summed E-state index contributed by atoms with van der Waals surface area (Å²) in [5.41, 5.74) is 5.05. The van der Waals surface area contributed by atoms with Crippen molar-refractivity contribution in [3.8, 4) is 0 Å². The highest BCUT2D eigenvalue weighted by Crippen LogP contribution is 2.37. The van der Waals surface area contributed by atoms with E-state index in [1.54, 1.807) is 7.05 Å². The summed E-state index contributed by atoms with van der Waals surface area (Å²) in [4.78, 5) is 0. The molecule has 2 aliphatic heterocycles. The molecule has 2 heterocycles. The summed E-state index contributed by atoms with van der Waals surface area (Å²) in [7, 11) is 1.56. The van der Waals surface area contributed by atoms with Gasteiger partial charge in [-0.3, -0.25) is 0 Å². The Morgan fingerprint density at radius 1 is 1.00 bits per heavy atom. The average molecular weight is 585 g/mol. The van der Waals surface area contributed by atoms with Crippen LogP contribution in [0.5, 0.6) is 0 Å². The second-order valence-electron chi connectivity index (χ2n) is 11.2. The zero-order valence-corrected chi connectivity index (χ0v) is 22.9. The molecule has 1 aliphatic carbocycles. The second-order valence-corrected chi connectivity index (χ2v) is 11.2. The molecule has 0 radical (unpaired) electrons. The van der Waals surface area contributed by atoms with Crippen molar-refractivity contribution in [2.45, 2.75) is 98.2 Å². The van der Waals surface area contributed by atoms with Crippen LogP contribution >= 0.6 is 0 Å². The van der Waals surface area contributed by atoms with Gasteiger partial charge in [0.25, 0.3) is 0 Å². The summed E-state index contributed by atoms with van der Waals surface area (Å²) < 4.78 is 17.7. The quantitative estimate of drug-likeness (QED) is 0.0949. The van der Waals surface area contributed by atoms with Crippen LogP contribution in [0.2, 0.25) is 0 Å². The third-order valence-corrected chi connectivity index (χ3v) is 8.23. The van der Waals surface area contributed by atoms with Gasteiger partial charge in [0.2, 0.25) is 0 Å². The van der Waals surface area contributed by atoms with Gasteiger partial charge in [-0.25, -0.2) is 0 Å². The van der Waals surface area contributed by atoms with Crippen LogP contribution in [0.3, 0.4) is 0 Å². The Hall–Kier alpha value is -0.640. The molecule has 16 nitrogen and oxygen atoms in total. The second kappa shape index (κ2) is 14.7. The van der Waals surface area contributed by atoms with Crippen LogP contribution in [0.25, 0.3) is 0 Å². The van der Waals surface area contributed by atoms with E-state index < -0.39 is 104 Å². The summed E-state index contributed by atoms with van der Waals surface area (Å²) in [6, 6.07) is -3.24. The molecule has 14 N–H and O–H groups in total. The fraction of sp³-hybridized carbons (Fsp3) is 1.00. The van der Waals surface area contributed by atoms with Gasteiger partial charge in [0.15, 0.2) is 6.29 Å². The van der Waals surface area contributed by atoms with Crippen molar-refractivity contribution in [2.24, 2.45) is 11.7 Å². The summed E-state index contributed by atoms with van der Waals surface area (Å²) in [5.74, 6) is -1.04. The topological polar surface area (TPSA) is 272 Å². The van der Waals surface area contributed by atoms with Crippen molar-refractivity contribution in [1.29, 1.82) is 0 Å². The molecule has 236 valence electrons. The number of ether oxygens (including phenoxy) is 3. The average Bonchev–Trinajstić information content (AvgIpc) is 2.91. The normalized spacial score (nSPS) is 46.6. The highest BCUT2D eigenvalue weighted by Gasteiger charge is 2.56. The molecule has 1 saturated carbocycles. The molecule has 0 aromatic carbocycles. The van der Waals surface area contributed by atoms with Crippen LogP contribution in [-0.2, 0) is 14.2 Å². The van der Waals surface area contributed by atoms with Gasteiger partial charge in [0.1, 0.15) is 36.1 Å². The van der Waals surface area contributed by atoms with E-state index in [1.807, 2.05) is 0 Å². The molecular weight excluding hydrogens is 536 g/mol. The van der Waals surface area contributed by atoms with E-state index >= 15 is 0 Å². The first-order valence-electron chi connectivity index (χ1n) is 13.7. The van der Waals surface area contributed by atoms with E-state index in [-0.39, 0.29) is 32.7 Å². The molecule has 2 saturated heterocycles. The lowest BCUT2D eigenvalue weighted by Crippen LogP contribution is -2.71. The molecule has 14 unspecified atom stereocenters. The van der Waals surface area contributed by atoms with Gasteiger partial charge < -0.3 is 81.9 Å². The molecule has 0 aromatic rings. The maximum absolute atomic E-state index is 11.6. The van der Waals surface area contributed by atoms with Gasteiger partial charge in [0, 0.05) is 31.1 Å². The zero-order chi connectivity index (χ0) is 29.8. The highest BCUT2D eigenvalue weighted by atomic mass is 16.7. The predicted molar refractivity (Wildman–Crippen MR) is 138 cm³/mol. The summed E-state index contributed by atoms with van der Waals surface area (Å²) in [5, 5.41) is 102. The van der Waals surface area contributed by atoms with Crippen LogP contribution in [0.1, 0.15) is 13.3 Å². The van der Waals surface area contributed by atoms with Crippen molar-refractivity contribution in [3.05, 3.63) is 0 Å². The Labute approximate surface area is 233 Å². The molecule has 3 fully saturated rings. The number of hydrogen-bond donors (Lipinski definition) is 13. The van der Waals surface area contributed by atoms with Crippen LogP contribution in [0.15, 0.2) is 0 Å². The first-order chi connectivity index (χ1) is 18.9. The van der Waals surface area contributed by atoms with Gasteiger partial charge >= 0.3 is 0 Å². The Morgan fingerprint density at radius 2 is 1.68 bits per heavy atom. The third-order valence-electron chi connectivity index (χ3n) is 8.23. The third kappa shape index (κ3) is 7.28. The molecule has 3 aliphatic rings. The fourth-order valence-electron chi connectivity index (χ4n) is 6.05. The first-order valence-corrected chi connectivity index (χ1v) is 13.7. The van der Waals surface area contributed by atoms with Crippen LogP contribution in [0.4, 0.5) is 0 Å². The summed E-state index contributed by atoms with van der Waals surface area (Å²) in [6.07, 6.45) is -12.2. The molecule has 14 atom stereocenters. The Kier molecular flexibility index (Phi) is 12.4. The van der Waals surface area contributed by atoms with Gasteiger partial charge in [-0.2, -0.15) is 0 Å². The number of nitrogens with two attached hydrogens (primary N) is 1. The maximum Gasteiger partial charge on any atom is 0.185 e. The van der Waals surface area contributed by atoms with E-state index in [0.717, 1.165) is 0 Å². The highest BCUT2D eigenvalue weighted by molar-refractivity contribution is 5.07. The van der Waals surface area contributed by atoms with Crippen molar-refractivity contribution in [2.75, 3.05) is 46.6 Å². The minimum atomic E-state index is -1.62. The van der Waals surface area contributed by atoms with Crippen LogP contribution < -0.4 is 21.7 Å². The van der Waals surface area contributed by atoms with Gasteiger partial charge in [-0.05, 0) is 20.4 Å². The number of nitrogens with one attached hydrogen (secondary N) is 3. The Morgan fingerprint density at radius 3 is 2.27 bits per heavy atom. The molecule has 0 spiro atoms. The Bertz CT molecular complexity index is 767. The van der Waals surface area contributed by atoms with Crippen molar-refractivity contribution in [1.82, 2.24) is 16.0 Å². The minimum absolute atomic E-state index is 0.0340. The molecule has 3 rings (SSSR count). The fourth-order valence-corrected chi connectivity index (χ4v) is 6.05. The standard InChI is InChI=1S/C24H48N4O12/c1-24(37)9-38-23(19(36)22(24)26-2)40-20-12(28-10(7-30)8-31)5-11(25)14(16(20)33)21-18(35)17(34)15(32)13(39-21)6-27-3-4-29/h10-23,26-37H,3-9,25H2,1-2H3. The number of likely N-dealkylation sites (N-methyl/N-ethyl adjacent to an activating group) is 1. The van der Waals surface area contributed by atoms with E-state index in [2.05, 4.69) is 16.0 Å². The number of rotatable bonds is 12. The summed E-state index contributed by atoms with van der Waals surface area (Å²) >= 11 is 0. The maximum atomic E-state index is 11.6.